The number of ether oxygens (including phenoxy) is 1. The number of carbonyl (C=O) groups is 3. The highest BCUT2D eigenvalue weighted by atomic mass is 32.2. The normalized spacial score (nSPS) is 9.96. The lowest BCUT2D eigenvalue weighted by molar-refractivity contribution is -0.146. The highest BCUT2D eigenvalue weighted by Gasteiger charge is 2.10. The summed E-state index contributed by atoms with van der Waals surface area (Å²) >= 11 is 1.35. The van der Waals surface area contributed by atoms with Gasteiger partial charge in [0.2, 0.25) is 0 Å². The Bertz CT molecular complexity index is 750. The minimum atomic E-state index is -0.612. The van der Waals surface area contributed by atoms with Gasteiger partial charge < -0.3 is 4.74 Å². The Hall–Kier alpha value is -2.80. The maximum Gasteiger partial charge on any atom is 0.316 e. The Kier molecular flexibility index (Phi) is 7.03. The molecule has 0 unspecified atom stereocenters. The molecule has 0 aromatic heterocycles. The Morgan fingerprint density at radius 1 is 0.960 bits per heavy atom. The molecule has 2 amide bonds. The van der Waals surface area contributed by atoms with Gasteiger partial charge in [0.15, 0.2) is 6.61 Å². The number of hydrogen-bond donors (Lipinski definition) is 2. The molecule has 0 saturated carbocycles. The summed E-state index contributed by atoms with van der Waals surface area (Å²) in [7, 11) is 0. The van der Waals surface area contributed by atoms with Crippen molar-refractivity contribution in [2.45, 2.75) is 11.8 Å². The van der Waals surface area contributed by atoms with E-state index < -0.39 is 24.4 Å². The summed E-state index contributed by atoms with van der Waals surface area (Å²) in [5, 5.41) is 0. The Morgan fingerprint density at radius 2 is 1.64 bits per heavy atom. The monoisotopic (exact) mass is 358 g/mol. The third kappa shape index (κ3) is 6.31. The van der Waals surface area contributed by atoms with Gasteiger partial charge in [-0.05, 0) is 30.7 Å². The average molecular weight is 358 g/mol. The average Bonchev–Trinajstić information content (AvgIpc) is 2.64. The van der Waals surface area contributed by atoms with E-state index in [1.54, 1.807) is 30.3 Å². The standard InChI is InChI=1S/C18H18N2O4S/c1-13-7-5-6-10-15(13)25-12-17(22)24-11-16(21)19-20-18(23)14-8-3-2-4-9-14/h2-10H,11-12H2,1H3,(H,19,21)(H,20,23). The van der Waals surface area contributed by atoms with Crippen LogP contribution in [0, 0.1) is 6.92 Å². The zero-order chi connectivity index (χ0) is 18.1. The van der Waals surface area contributed by atoms with Gasteiger partial charge in [0, 0.05) is 10.5 Å². The Morgan fingerprint density at radius 3 is 2.36 bits per heavy atom. The second-order valence-corrected chi connectivity index (χ2v) is 6.10. The molecule has 0 fully saturated rings. The topological polar surface area (TPSA) is 84.5 Å². The first-order chi connectivity index (χ1) is 12.1. The number of amides is 2. The van der Waals surface area contributed by atoms with Gasteiger partial charge in [0.05, 0.1) is 5.75 Å². The predicted molar refractivity (Wildman–Crippen MR) is 94.9 cm³/mol. The van der Waals surface area contributed by atoms with Crippen molar-refractivity contribution >= 4 is 29.5 Å². The summed E-state index contributed by atoms with van der Waals surface area (Å²) in [5.41, 5.74) is 5.93. The first kappa shape index (κ1) is 18.5. The Labute approximate surface area is 149 Å². The number of hydrazine groups is 1. The van der Waals surface area contributed by atoms with Crippen LogP contribution in [0.4, 0.5) is 0 Å². The first-order valence-corrected chi connectivity index (χ1v) is 8.53. The minimum absolute atomic E-state index is 0.106. The summed E-state index contributed by atoms with van der Waals surface area (Å²) in [6.07, 6.45) is 0. The fraction of sp³-hybridized carbons (Fsp3) is 0.167. The molecule has 0 aliphatic heterocycles. The van der Waals surface area contributed by atoms with Crippen molar-refractivity contribution in [1.82, 2.24) is 10.9 Å². The van der Waals surface area contributed by atoms with Crippen molar-refractivity contribution in [3.63, 3.8) is 0 Å². The van der Waals surface area contributed by atoms with Crippen LogP contribution in [0.1, 0.15) is 15.9 Å². The van der Waals surface area contributed by atoms with Crippen LogP contribution in [-0.2, 0) is 14.3 Å². The van der Waals surface area contributed by atoms with E-state index in [4.69, 9.17) is 4.74 Å². The van der Waals surface area contributed by atoms with Crippen LogP contribution in [0.2, 0.25) is 0 Å². The minimum Gasteiger partial charge on any atom is -0.455 e. The van der Waals surface area contributed by atoms with E-state index in [0.717, 1.165) is 10.5 Å². The van der Waals surface area contributed by atoms with Gasteiger partial charge in [0.25, 0.3) is 11.8 Å². The van der Waals surface area contributed by atoms with E-state index in [0.29, 0.717) is 5.56 Å². The number of aryl methyl sites for hydroxylation is 1. The molecular weight excluding hydrogens is 340 g/mol. The highest BCUT2D eigenvalue weighted by molar-refractivity contribution is 8.00. The van der Waals surface area contributed by atoms with Crippen LogP contribution in [0.25, 0.3) is 0 Å². The molecule has 0 radical (unpaired) electrons. The van der Waals surface area contributed by atoms with E-state index in [1.165, 1.54) is 11.8 Å². The van der Waals surface area contributed by atoms with Gasteiger partial charge in [-0.15, -0.1) is 11.8 Å². The van der Waals surface area contributed by atoms with E-state index in [9.17, 15) is 14.4 Å². The molecule has 0 spiro atoms. The van der Waals surface area contributed by atoms with Crippen LogP contribution >= 0.6 is 11.8 Å². The van der Waals surface area contributed by atoms with E-state index in [2.05, 4.69) is 10.9 Å². The van der Waals surface area contributed by atoms with Crippen LogP contribution in [0.15, 0.2) is 59.5 Å². The molecule has 0 heterocycles. The second-order valence-electron chi connectivity index (χ2n) is 5.08. The number of nitrogens with one attached hydrogen (secondary N) is 2. The lowest BCUT2D eigenvalue weighted by Gasteiger charge is -2.08. The van der Waals surface area contributed by atoms with Crippen molar-refractivity contribution in [2.24, 2.45) is 0 Å². The lowest BCUT2D eigenvalue weighted by Crippen LogP contribution is -2.43. The lowest BCUT2D eigenvalue weighted by atomic mass is 10.2. The number of carbonyl (C=O) groups excluding carboxylic acids is 3. The second kappa shape index (κ2) is 9.48. The van der Waals surface area contributed by atoms with Crippen LogP contribution in [-0.4, -0.2) is 30.1 Å². The molecular formula is C18H18N2O4S. The van der Waals surface area contributed by atoms with Crippen LogP contribution < -0.4 is 10.9 Å². The molecule has 0 bridgehead atoms. The van der Waals surface area contributed by atoms with Gasteiger partial charge >= 0.3 is 5.97 Å². The Balaban J connectivity index is 1.66. The molecule has 2 N–H and O–H groups in total. The first-order valence-electron chi connectivity index (χ1n) is 7.54. The number of hydrogen-bond acceptors (Lipinski definition) is 5. The fourth-order valence-corrected chi connectivity index (χ4v) is 2.69. The zero-order valence-corrected chi connectivity index (χ0v) is 14.5. The number of thioether (sulfide) groups is 1. The van der Waals surface area contributed by atoms with Crippen molar-refractivity contribution in [3.05, 3.63) is 65.7 Å². The summed E-state index contributed by atoms with van der Waals surface area (Å²) in [6, 6.07) is 16.1. The maximum atomic E-state index is 11.7. The SMILES string of the molecule is Cc1ccccc1SCC(=O)OCC(=O)NNC(=O)c1ccccc1. The number of benzene rings is 2. The molecule has 0 atom stereocenters. The van der Waals surface area contributed by atoms with Crippen molar-refractivity contribution < 1.29 is 19.1 Å². The molecule has 130 valence electrons. The van der Waals surface area contributed by atoms with Gasteiger partial charge in [-0.3, -0.25) is 25.2 Å². The molecule has 6 nitrogen and oxygen atoms in total. The molecule has 0 aliphatic rings. The summed E-state index contributed by atoms with van der Waals surface area (Å²) in [4.78, 5) is 36.0. The van der Waals surface area contributed by atoms with Gasteiger partial charge in [-0.2, -0.15) is 0 Å². The maximum absolute atomic E-state index is 11.7. The molecule has 2 aromatic carbocycles. The van der Waals surface area contributed by atoms with Crippen LogP contribution in [0.3, 0.4) is 0 Å². The van der Waals surface area contributed by atoms with Crippen molar-refractivity contribution in [1.29, 1.82) is 0 Å². The third-order valence-electron chi connectivity index (χ3n) is 3.15. The molecule has 7 heteroatoms. The summed E-state index contributed by atoms with van der Waals surface area (Å²) in [6.45, 7) is 1.50. The van der Waals surface area contributed by atoms with Crippen molar-refractivity contribution in [2.75, 3.05) is 12.4 Å². The fourth-order valence-electron chi connectivity index (χ4n) is 1.87. The van der Waals surface area contributed by atoms with E-state index in [1.807, 2.05) is 31.2 Å². The zero-order valence-electron chi connectivity index (χ0n) is 13.7. The van der Waals surface area contributed by atoms with E-state index >= 15 is 0 Å². The largest absolute Gasteiger partial charge is 0.455 e. The highest BCUT2D eigenvalue weighted by Crippen LogP contribution is 2.21. The molecule has 0 aliphatic carbocycles. The quantitative estimate of drug-likeness (QED) is 0.469. The van der Waals surface area contributed by atoms with Crippen molar-refractivity contribution in [3.8, 4) is 0 Å². The third-order valence-corrected chi connectivity index (χ3v) is 4.30. The molecule has 2 aromatic rings. The summed E-state index contributed by atoms with van der Waals surface area (Å²) in [5.74, 6) is -1.46. The van der Waals surface area contributed by atoms with Gasteiger partial charge in [0.1, 0.15) is 0 Å². The van der Waals surface area contributed by atoms with Crippen LogP contribution in [0.5, 0.6) is 0 Å². The van der Waals surface area contributed by atoms with Gasteiger partial charge in [-0.25, -0.2) is 0 Å². The smallest absolute Gasteiger partial charge is 0.316 e. The number of rotatable bonds is 6. The van der Waals surface area contributed by atoms with E-state index in [-0.39, 0.29) is 5.75 Å². The van der Waals surface area contributed by atoms with Gasteiger partial charge in [-0.1, -0.05) is 36.4 Å². The summed E-state index contributed by atoms with van der Waals surface area (Å²) < 4.78 is 4.88. The number of esters is 1. The molecule has 25 heavy (non-hydrogen) atoms. The molecule has 0 saturated heterocycles. The molecule has 2 rings (SSSR count). The predicted octanol–water partition coefficient (Wildman–Crippen LogP) is 2.09.